The van der Waals surface area contributed by atoms with E-state index in [0.717, 1.165) is 19.6 Å². The van der Waals surface area contributed by atoms with E-state index in [1.54, 1.807) is 7.11 Å². The highest BCUT2D eigenvalue weighted by Crippen LogP contribution is 2.17. The van der Waals surface area contributed by atoms with Gasteiger partial charge >= 0.3 is 0 Å². The van der Waals surface area contributed by atoms with Crippen LogP contribution in [0.15, 0.2) is 66.7 Å². The van der Waals surface area contributed by atoms with Gasteiger partial charge < -0.3 is 10.1 Å². The van der Waals surface area contributed by atoms with Gasteiger partial charge in [0.15, 0.2) is 0 Å². The Morgan fingerprint density at radius 2 is 1.67 bits per heavy atom. The van der Waals surface area contributed by atoms with Crippen LogP contribution in [0.2, 0.25) is 0 Å². The van der Waals surface area contributed by atoms with Crippen molar-refractivity contribution in [3.8, 4) is 0 Å². The van der Waals surface area contributed by atoms with Gasteiger partial charge in [-0.3, -0.25) is 0 Å². The summed E-state index contributed by atoms with van der Waals surface area (Å²) in [4.78, 5) is 0. The van der Waals surface area contributed by atoms with E-state index in [9.17, 15) is 0 Å². The molecule has 0 spiro atoms. The molecule has 0 radical (unpaired) electrons. The van der Waals surface area contributed by atoms with Crippen LogP contribution in [0.25, 0.3) is 6.08 Å². The second-order valence-electron chi connectivity index (χ2n) is 4.96. The number of methoxy groups -OCH3 is 1. The van der Waals surface area contributed by atoms with Crippen LogP contribution in [0.5, 0.6) is 0 Å². The number of benzene rings is 2. The molecule has 0 saturated carbocycles. The van der Waals surface area contributed by atoms with Crippen LogP contribution >= 0.6 is 0 Å². The van der Waals surface area contributed by atoms with Crippen molar-refractivity contribution >= 4 is 6.08 Å². The summed E-state index contributed by atoms with van der Waals surface area (Å²) in [5.41, 5.74) is 2.55. The summed E-state index contributed by atoms with van der Waals surface area (Å²) in [7, 11) is 1.73. The zero-order chi connectivity index (χ0) is 14.8. The van der Waals surface area contributed by atoms with Gasteiger partial charge in [-0.2, -0.15) is 0 Å². The normalized spacial score (nSPS) is 12.6. The quantitative estimate of drug-likeness (QED) is 0.737. The number of nitrogens with one attached hydrogen (secondary N) is 1. The third-order valence-corrected chi connectivity index (χ3v) is 3.38. The van der Waals surface area contributed by atoms with Crippen LogP contribution in [0.4, 0.5) is 0 Å². The molecule has 21 heavy (non-hydrogen) atoms. The van der Waals surface area contributed by atoms with Crippen LogP contribution in [-0.4, -0.2) is 20.3 Å². The Morgan fingerprint density at radius 1 is 1.00 bits per heavy atom. The minimum atomic E-state index is 0.321. The Morgan fingerprint density at radius 3 is 2.33 bits per heavy atom. The van der Waals surface area contributed by atoms with Gasteiger partial charge in [0, 0.05) is 19.7 Å². The topological polar surface area (TPSA) is 21.3 Å². The molecule has 1 atom stereocenters. The van der Waals surface area contributed by atoms with Crippen molar-refractivity contribution < 1.29 is 4.74 Å². The number of hydrogen-bond acceptors (Lipinski definition) is 2. The van der Waals surface area contributed by atoms with E-state index in [4.69, 9.17) is 4.74 Å². The van der Waals surface area contributed by atoms with E-state index in [-0.39, 0.29) is 0 Å². The summed E-state index contributed by atoms with van der Waals surface area (Å²) in [6, 6.07) is 21.3. The molecule has 0 saturated heterocycles. The zero-order valence-corrected chi connectivity index (χ0v) is 12.5. The fourth-order valence-corrected chi connectivity index (χ4v) is 2.26. The van der Waals surface area contributed by atoms with E-state index < -0.39 is 0 Å². The highest BCUT2D eigenvalue weighted by atomic mass is 16.5. The highest BCUT2D eigenvalue weighted by molar-refractivity contribution is 5.48. The van der Waals surface area contributed by atoms with Crippen molar-refractivity contribution in [1.29, 1.82) is 0 Å². The van der Waals surface area contributed by atoms with Crippen molar-refractivity contribution in [1.82, 2.24) is 5.32 Å². The van der Waals surface area contributed by atoms with E-state index in [1.165, 1.54) is 11.1 Å². The fourth-order valence-electron chi connectivity index (χ4n) is 2.26. The minimum Gasteiger partial charge on any atom is -0.383 e. The molecule has 0 aliphatic carbocycles. The summed E-state index contributed by atoms with van der Waals surface area (Å²) in [6.45, 7) is 1.58. The van der Waals surface area contributed by atoms with Crippen molar-refractivity contribution in [3.63, 3.8) is 0 Å². The smallest absolute Gasteiger partial charge is 0.0587 e. The predicted octanol–water partition coefficient (Wildman–Crippen LogP) is 4.07. The average molecular weight is 281 g/mol. The van der Waals surface area contributed by atoms with Crippen molar-refractivity contribution in [2.75, 3.05) is 20.3 Å². The molecule has 2 nitrogen and oxygen atoms in total. The van der Waals surface area contributed by atoms with Crippen LogP contribution in [-0.2, 0) is 4.74 Å². The van der Waals surface area contributed by atoms with Crippen molar-refractivity contribution in [2.45, 2.75) is 12.5 Å². The molecule has 2 heteroatoms. The molecule has 2 aromatic carbocycles. The summed E-state index contributed by atoms with van der Waals surface area (Å²) in [5, 5.41) is 3.55. The van der Waals surface area contributed by atoms with E-state index >= 15 is 0 Å². The van der Waals surface area contributed by atoms with Gasteiger partial charge in [-0.25, -0.2) is 0 Å². The van der Waals surface area contributed by atoms with Crippen LogP contribution in [0, 0.1) is 0 Å². The Bertz CT molecular complexity index is 522. The first-order valence-electron chi connectivity index (χ1n) is 7.39. The first kappa shape index (κ1) is 15.5. The fraction of sp³-hybridized carbons (Fsp3) is 0.263. The molecule has 0 fully saturated rings. The molecule has 0 aliphatic rings. The van der Waals surface area contributed by atoms with E-state index in [2.05, 4.69) is 72.1 Å². The van der Waals surface area contributed by atoms with Crippen LogP contribution < -0.4 is 5.32 Å². The Labute approximate surface area is 127 Å². The third-order valence-electron chi connectivity index (χ3n) is 3.38. The van der Waals surface area contributed by atoms with E-state index in [1.807, 2.05) is 6.07 Å². The summed E-state index contributed by atoms with van der Waals surface area (Å²) in [6.07, 6.45) is 5.36. The second kappa shape index (κ2) is 9.11. The molecule has 0 bridgehead atoms. The van der Waals surface area contributed by atoms with Gasteiger partial charge in [-0.15, -0.1) is 0 Å². The highest BCUT2D eigenvalue weighted by Gasteiger charge is 2.08. The van der Waals surface area contributed by atoms with Gasteiger partial charge in [0.2, 0.25) is 0 Å². The van der Waals surface area contributed by atoms with Gasteiger partial charge in [0.25, 0.3) is 0 Å². The maximum atomic E-state index is 5.12. The molecule has 2 aromatic rings. The lowest BCUT2D eigenvalue weighted by Crippen LogP contribution is -2.24. The van der Waals surface area contributed by atoms with Gasteiger partial charge in [0.1, 0.15) is 0 Å². The first-order chi connectivity index (χ1) is 10.4. The standard InChI is InChI=1S/C19H23NO/c1-21-16-15-20-19(18-12-6-3-7-13-18)14-8-11-17-9-4-2-5-10-17/h2-13,19-20H,14-16H2,1H3/b11-8+. The van der Waals surface area contributed by atoms with Crippen LogP contribution in [0.1, 0.15) is 23.6 Å². The average Bonchev–Trinajstić information content (AvgIpc) is 2.55. The third kappa shape index (κ3) is 5.54. The Hall–Kier alpha value is -1.90. The minimum absolute atomic E-state index is 0.321. The Balaban J connectivity index is 1.97. The lowest BCUT2D eigenvalue weighted by Gasteiger charge is -2.17. The number of rotatable bonds is 8. The predicted molar refractivity (Wildman–Crippen MR) is 89.2 cm³/mol. The maximum Gasteiger partial charge on any atom is 0.0587 e. The summed E-state index contributed by atoms with van der Waals surface area (Å²) < 4.78 is 5.12. The SMILES string of the molecule is COCCNC(C/C=C/c1ccccc1)c1ccccc1. The van der Waals surface area contributed by atoms with Crippen LogP contribution in [0.3, 0.4) is 0 Å². The summed E-state index contributed by atoms with van der Waals surface area (Å²) >= 11 is 0. The van der Waals surface area contributed by atoms with Crippen molar-refractivity contribution in [3.05, 3.63) is 77.9 Å². The largest absolute Gasteiger partial charge is 0.383 e. The molecule has 0 aromatic heterocycles. The molecule has 0 amide bonds. The lowest BCUT2D eigenvalue weighted by atomic mass is 10.0. The lowest BCUT2D eigenvalue weighted by molar-refractivity contribution is 0.196. The van der Waals surface area contributed by atoms with Crippen molar-refractivity contribution in [2.24, 2.45) is 0 Å². The summed E-state index contributed by atoms with van der Waals surface area (Å²) in [5.74, 6) is 0. The first-order valence-corrected chi connectivity index (χ1v) is 7.39. The zero-order valence-electron chi connectivity index (χ0n) is 12.5. The van der Waals surface area contributed by atoms with Gasteiger partial charge in [0.05, 0.1) is 6.61 Å². The van der Waals surface area contributed by atoms with Gasteiger partial charge in [-0.1, -0.05) is 72.8 Å². The molecule has 0 heterocycles. The molecular weight excluding hydrogens is 258 g/mol. The Kier molecular flexibility index (Phi) is 6.72. The molecule has 110 valence electrons. The van der Waals surface area contributed by atoms with Gasteiger partial charge in [-0.05, 0) is 17.5 Å². The number of ether oxygens (including phenoxy) is 1. The number of hydrogen-bond donors (Lipinski definition) is 1. The molecular formula is C19H23NO. The molecule has 1 N–H and O–H groups in total. The molecule has 0 aliphatic heterocycles. The van der Waals surface area contributed by atoms with E-state index in [0.29, 0.717) is 6.04 Å². The second-order valence-corrected chi connectivity index (χ2v) is 4.96. The molecule has 1 unspecified atom stereocenters. The maximum absolute atomic E-state index is 5.12. The monoisotopic (exact) mass is 281 g/mol. The molecule has 2 rings (SSSR count).